The SMILES string of the molecule is CNc1nc2c(OC(C)C)cc(OC(C)C)cc2s1. The highest BCUT2D eigenvalue weighted by molar-refractivity contribution is 7.22. The molecule has 1 heterocycles. The Morgan fingerprint density at radius 1 is 1.11 bits per heavy atom. The zero-order valence-electron chi connectivity index (χ0n) is 12.0. The number of anilines is 1. The number of thiazole rings is 1. The van der Waals surface area contributed by atoms with Crippen LogP contribution in [0.1, 0.15) is 27.7 Å². The highest BCUT2D eigenvalue weighted by Crippen LogP contribution is 2.37. The fraction of sp³-hybridized carbons (Fsp3) is 0.500. The van der Waals surface area contributed by atoms with Crippen LogP contribution in [0.15, 0.2) is 12.1 Å². The van der Waals surface area contributed by atoms with Gasteiger partial charge in [-0.3, -0.25) is 0 Å². The molecule has 2 aromatic rings. The van der Waals surface area contributed by atoms with Gasteiger partial charge in [-0.25, -0.2) is 4.98 Å². The van der Waals surface area contributed by atoms with E-state index in [-0.39, 0.29) is 12.2 Å². The maximum absolute atomic E-state index is 5.84. The number of ether oxygens (including phenoxy) is 2. The highest BCUT2D eigenvalue weighted by atomic mass is 32.1. The van der Waals surface area contributed by atoms with E-state index in [1.54, 1.807) is 11.3 Å². The molecule has 0 aliphatic rings. The van der Waals surface area contributed by atoms with Crippen molar-refractivity contribution in [2.75, 3.05) is 12.4 Å². The Balaban J connectivity index is 2.49. The van der Waals surface area contributed by atoms with Gasteiger partial charge in [0.05, 0.1) is 16.9 Å². The Morgan fingerprint density at radius 3 is 2.37 bits per heavy atom. The van der Waals surface area contributed by atoms with Crippen LogP contribution in [-0.2, 0) is 0 Å². The molecule has 0 aliphatic heterocycles. The second kappa shape index (κ2) is 5.65. The molecule has 0 spiro atoms. The summed E-state index contributed by atoms with van der Waals surface area (Å²) >= 11 is 1.60. The monoisotopic (exact) mass is 280 g/mol. The zero-order valence-corrected chi connectivity index (χ0v) is 12.8. The Bertz CT molecular complexity index is 564. The number of benzene rings is 1. The zero-order chi connectivity index (χ0) is 14.0. The molecule has 0 amide bonds. The van der Waals surface area contributed by atoms with Crippen LogP contribution in [0, 0.1) is 0 Å². The summed E-state index contributed by atoms with van der Waals surface area (Å²) in [5.41, 5.74) is 0.888. The summed E-state index contributed by atoms with van der Waals surface area (Å²) in [5, 5.41) is 3.95. The number of hydrogen-bond donors (Lipinski definition) is 1. The lowest BCUT2D eigenvalue weighted by molar-refractivity contribution is 0.231. The fourth-order valence-electron chi connectivity index (χ4n) is 1.77. The van der Waals surface area contributed by atoms with Gasteiger partial charge in [-0.2, -0.15) is 0 Å². The summed E-state index contributed by atoms with van der Waals surface area (Å²) in [5.74, 6) is 1.60. The highest BCUT2D eigenvalue weighted by Gasteiger charge is 2.13. The van der Waals surface area contributed by atoms with Gasteiger partial charge in [-0.05, 0) is 33.8 Å². The van der Waals surface area contributed by atoms with E-state index in [1.807, 2.05) is 46.9 Å². The number of nitrogens with one attached hydrogen (secondary N) is 1. The van der Waals surface area contributed by atoms with Crippen molar-refractivity contribution in [2.45, 2.75) is 39.9 Å². The van der Waals surface area contributed by atoms with Gasteiger partial charge in [0.25, 0.3) is 0 Å². The Labute approximate surface area is 117 Å². The summed E-state index contributed by atoms with van der Waals surface area (Å²) in [6, 6.07) is 3.93. The molecule has 0 saturated carbocycles. The molecule has 0 aliphatic carbocycles. The first kappa shape index (κ1) is 13.9. The van der Waals surface area contributed by atoms with Gasteiger partial charge in [-0.1, -0.05) is 11.3 Å². The van der Waals surface area contributed by atoms with Crippen LogP contribution in [0.4, 0.5) is 5.13 Å². The standard InChI is InChI=1S/C14H20N2O2S/c1-8(2)17-10-6-11(18-9(3)4)13-12(7-10)19-14(15-5)16-13/h6-9H,1-5H3,(H,15,16). The summed E-state index contributed by atoms with van der Waals surface area (Å²) in [7, 11) is 1.87. The molecule has 5 heteroatoms. The average Bonchev–Trinajstić information content (AvgIpc) is 2.70. The van der Waals surface area contributed by atoms with Gasteiger partial charge in [0.2, 0.25) is 0 Å². The van der Waals surface area contributed by atoms with Crippen molar-refractivity contribution in [3.05, 3.63) is 12.1 Å². The van der Waals surface area contributed by atoms with Gasteiger partial charge >= 0.3 is 0 Å². The molecular formula is C14H20N2O2S. The molecule has 1 aromatic carbocycles. The molecule has 0 saturated heterocycles. The molecule has 0 unspecified atom stereocenters. The second-order valence-corrected chi connectivity index (χ2v) is 5.90. The quantitative estimate of drug-likeness (QED) is 0.901. The van der Waals surface area contributed by atoms with Crippen LogP contribution in [0.25, 0.3) is 10.2 Å². The maximum atomic E-state index is 5.84. The predicted molar refractivity (Wildman–Crippen MR) is 80.7 cm³/mol. The van der Waals surface area contributed by atoms with E-state index in [1.165, 1.54) is 0 Å². The van der Waals surface area contributed by atoms with E-state index >= 15 is 0 Å². The van der Waals surface area contributed by atoms with E-state index < -0.39 is 0 Å². The lowest BCUT2D eigenvalue weighted by Gasteiger charge is -2.14. The third kappa shape index (κ3) is 3.29. The molecule has 1 N–H and O–H groups in total. The van der Waals surface area contributed by atoms with E-state index in [0.29, 0.717) is 0 Å². The van der Waals surface area contributed by atoms with E-state index in [4.69, 9.17) is 9.47 Å². The van der Waals surface area contributed by atoms with Crippen molar-refractivity contribution in [3.63, 3.8) is 0 Å². The van der Waals surface area contributed by atoms with E-state index in [0.717, 1.165) is 26.8 Å². The summed E-state index contributed by atoms with van der Waals surface area (Å²) < 4.78 is 12.7. The van der Waals surface area contributed by atoms with Crippen LogP contribution >= 0.6 is 11.3 Å². The molecule has 4 nitrogen and oxygen atoms in total. The van der Waals surface area contributed by atoms with Gasteiger partial charge in [0.15, 0.2) is 10.9 Å². The summed E-state index contributed by atoms with van der Waals surface area (Å²) in [4.78, 5) is 4.53. The number of nitrogens with zero attached hydrogens (tertiary/aromatic N) is 1. The molecule has 0 radical (unpaired) electrons. The van der Waals surface area contributed by atoms with Gasteiger partial charge in [0.1, 0.15) is 11.3 Å². The molecular weight excluding hydrogens is 260 g/mol. The molecule has 1 aromatic heterocycles. The second-order valence-electron chi connectivity index (χ2n) is 4.87. The number of rotatable bonds is 5. The topological polar surface area (TPSA) is 43.4 Å². The van der Waals surface area contributed by atoms with Crippen molar-refractivity contribution in [1.82, 2.24) is 4.98 Å². The third-order valence-electron chi connectivity index (χ3n) is 2.38. The summed E-state index contributed by atoms with van der Waals surface area (Å²) in [6.45, 7) is 8.04. The minimum atomic E-state index is 0.109. The lowest BCUT2D eigenvalue weighted by atomic mass is 10.3. The Hall–Kier alpha value is -1.49. The molecule has 0 bridgehead atoms. The smallest absolute Gasteiger partial charge is 0.183 e. The number of hydrogen-bond acceptors (Lipinski definition) is 5. The third-order valence-corrected chi connectivity index (χ3v) is 3.40. The first-order chi connectivity index (χ1) is 8.99. The van der Waals surface area contributed by atoms with Crippen LogP contribution in [0.5, 0.6) is 11.5 Å². The molecule has 0 atom stereocenters. The van der Waals surface area contributed by atoms with Gasteiger partial charge < -0.3 is 14.8 Å². The molecule has 0 fully saturated rings. The van der Waals surface area contributed by atoms with Crippen LogP contribution in [0.2, 0.25) is 0 Å². The number of fused-ring (bicyclic) bond motifs is 1. The Morgan fingerprint density at radius 2 is 1.79 bits per heavy atom. The average molecular weight is 280 g/mol. The minimum Gasteiger partial charge on any atom is -0.491 e. The maximum Gasteiger partial charge on any atom is 0.183 e. The largest absolute Gasteiger partial charge is 0.491 e. The van der Waals surface area contributed by atoms with Crippen LogP contribution in [0.3, 0.4) is 0 Å². The molecule has 19 heavy (non-hydrogen) atoms. The fourth-order valence-corrected chi connectivity index (χ4v) is 2.63. The summed E-state index contributed by atoms with van der Waals surface area (Å²) in [6.07, 6.45) is 0.248. The van der Waals surface area contributed by atoms with Crippen LogP contribution < -0.4 is 14.8 Å². The van der Waals surface area contributed by atoms with Crippen LogP contribution in [-0.4, -0.2) is 24.2 Å². The minimum absolute atomic E-state index is 0.109. The number of aromatic nitrogens is 1. The Kier molecular flexibility index (Phi) is 4.14. The van der Waals surface area contributed by atoms with Gasteiger partial charge in [0, 0.05) is 13.1 Å². The van der Waals surface area contributed by atoms with Crippen molar-refractivity contribution >= 4 is 26.7 Å². The first-order valence-corrected chi connectivity index (χ1v) is 7.27. The molecule has 2 rings (SSSR count). The van der Waals surface area contributed by atoms with E-state index in [9.17, 15) is 0 Å². The van der Waals surface area contributed by atoms with Crippen molar-refractivity contribution in [3.8, 4) is 11.5 Å². The van der Waals surface area contributed by atoms with Crippen molar-refractivity contribution < 1.29 is 9.47 Å². The van der Waals surface area contributed by atoms with Gasteiger partial charge in [-0.15, -0.1) is 0 Å². The van der Waals surface area contributed by atoms with E-state index in [2.05, 4.69) is 10.3 Å². The lowest BCUT2D eigenvalue weighted by Crippen LogP contribution is -2.08. The van der Waals surface area contributed by atoms with Crippen molar-refractivity contribution in [2.24, 2.45) is 0 Å². The van der Waals surface area contributed by atoms with Crippen molar-refractivity contribution in [1.29, 1.82) is 0 Å². The predicted octanol–water partition coefficient (Wildman–Crippen LogP) is 3.91. The normalized spacial score (nSPS) is 11.3. The first-order valence-electron chi connectivity index (χ1n) is 6.45. The molecule has 104 valence electrons.